The summed E-state index contributed by atoms with van der Waals surface area (Å²) < 4.78 is 5.75. The van der Waals surface area contributed by atoms with Crippen LogP contribution in [0.2, 0.25) is 0 Å². The lowest BCUT2D eigenvalue weighted by atomic mass is 10.2. The molecule has 2 N–H and O–H groups in total. The molecule has 1 aromatic heterocycles. The Morgan fingerprint density at radius 2 is 2.35 bits per heavy atom. The number of esters is 1. The maximum absolute atomic E-state index is 12.0. The highest BCUT2D eigenvalue weighted by Crippen LogP contribution is 2.16. The lowest BCUT2D eigenvalue weighted by Gasteiger charge is -2.13. The topological polar surface area (TPSA) is 93.5 Å². The number of methoxy groups -OCH3 is 1. The largest absolute Gasteiger partial charge is 0.468 e. The van der Waals surface area contributed by atoms with E-state index in [-0.39, 0.29) is 11.0 Å². The SMILES string of the molecule is CCCC(O)CNc1cnn(CC(=O)OC)c(=O)c1Br. The van der Waals surface area contributed by atoms with E-state index in [0.29, 0.717) is 18.7 Å². The van der Waals surface area contributed by atoms with Crippen molar-refractivity contribution in [2.24, 2.45) is 0 Å². The van der Waals surface area contributed by atoms with Gasteiger partial charge in [0.2, 0.25) is 0 Å². The van der Waals surface area contributed by atoms with E-state index in [2.05, 4.69) is 31.1 Å². The third-order valence-electron chi connectivity index (χ3n) is 2.64. The fourth-order valence-electron chi connectivity index (χ4n) is 1.55. The van der Waals surface area contributed by atoms with E-state index in [0.717, 1.165) is 11.1 Å². The molecule has 0 bridgehead atoms. The summed E-state index contributed by atoms with van der Waals surface area (Å²) in [5.41, 5.74) is 0.0386. The molecular weight excluding hydrogens is 330 g/mol. The van der Waals surface area contributed by atoms with Crippen molar-refractivity contribution in [1.82, 2.24) is 9.78 Å². The average molecular weight is 348 g/mol. The Morgan fingerprint density at radius 3 is 2.95 bits per heavy atom. The minimum absolute atomic E-state index is 0.243. The average Bonchev–Trinajstić information content (AvgIpc) is 2.43. The Hall–Kier alpha value is -1.41. The first-order valence-electron chi connectivity index (χ1n) is 6.24. The maximum Gasteiger partial charge on any atom is 0.327 e. The first-order valence-corrected chi connectivity index (χ1v) is 7.03. The van der Waals surface area contributed by atoms with Crippen LogP contribution in [0.3, 0.4) is 0 Å². The van der Waals surface area contributed by atoms with Crippen molar-refractivity contribution >= 4 is 27.6 Å². The highest BCUT2D eigenvalue weighted by atomic mass is 79.9. The molecule has 0 aliphatic rings. The zero-order valence-electron chi connectivity index (χ0n) is 11.4. The van der Waals surface area contributed by atoms with Crippen LogP contribution in [0.25, 0.3) is 0 Å². The molecule has 1 aromatic rings. The summed E-state index contributed by atoms with van der Waals surface area (Å²) in [6.07, 6.45) is 2.50. The number of rotatable bonds is 7. The molecule has 1 unspecified atom stereocenters. The number of aromatic nitrogens is 2. The number of halogens is 1. The fourth-order valence-corrected chi connectivity index (χ4v) is 2.00. The van der Waals surface area contributed by atoms with Crippen LogP contribution in [-0.2, 0) is 16.1 Å². The van der Waals surface area contributed by atoms with E-state index in [1.807, 2.05) is 6.92 Å². The van der Waals surface area contributed by atoms with Crippen LogP contribution < -0.4 is 10.9 Å². The van der Waals surface area contributed by atoms with Crippen LogP contribution in [0.4, 0.5) is 5.69 Å². The van der Waals surface area contributed by atoms with E-state index in [4.69, 9.17) is 0 Å². The first kappa shape index (κ1) is 16.6. The van der Waals surface area contributed by atoms with Gasteiger partial charge in [0.15, 0.2) is 0 Å². The molecular formula is C12H18BrN3O4. The predicted molar refractivity (Wildman–Crippen MR) is 77.6 cm³/mol. The number of nitrogens with one attached hydrogen (secondary N) is 1. The van der Waals surface area contributed by atoms with Gasteiger partial charge in [-0.25, -0.2) is 4.68 Å². The Kier molecular flexibility index (Phi) is 6.66. The van der Waals surface area contributed by atoms with Crippen LogP contribution in [0.15, 0.2) is 15.5 Å². The van der Waals surface area contributed by atoms with E-state index in [1.54, 1.807) is 0 Å². The number of ether oxygens (including phenoxy) is 1. The predicted octanol–water partition coefficient (Wildman–Crippen LogP) is 0.752. The number of aliphatic hydroxyl groups is 1. The van der Waals surface area contributed by atoms with Gasteiger partial charge in [0.25, 0.3) is 5.56 Å². The second kappa shape index (κ2) is 8.01. The highest BCUT2D eigenvalue weighted by Gasteiger charge is 2.12. The molecule has 8 heteroatoms. The molecule has 0 aliphatic heterocycles. The van der Waals surface area contributed by atoms with Crippen molar-refractivity contribution in [1.29, 1.82) is 0 Å². The molecule has 112 valence electrons. The fraction of sp³-hybridized carbons (Fsp3) is 0.583. The monoisotopic (exact) mass is 347 g/mol. The van der Waals surface area contributed by atoms with E-state index in [9.17, 15) is 14.7 Å². The zero-order chi connectivity index (χ0) is 15.1. The normalized spacial score (nSPS) is 12.0. The molecule has 0 saturated carbocycles. The quantitative estimate of drug-likeness (QED) is 0.707. The molecule has 1 heterocycles. The van der Waals surface area contributed by atoms with Crippen molar-refractivity contribution in [2.75, 3.05) is 19.0 Å². The van der Waals surface area contributed by atoms with Crippen LogP contribution in [-0.4, -0.2) is 40.6 Å². The summed E-state index contributed by atoms with van der Waals surface area (Å²) in [4.78, 5) is 23.1. The van der Waals surface area contributed by atoms with Gasteiger partial charge in [0.1, 0.15) is 11.0 Å². The van der Waals surface area contributed by atoms with E-state index < -0.39 is 17.6 Å². The van der Waals surface area contributed by atoms with Gasteiger partial charge < -0.3 is 15.2 Å². The third kappa shape index (κ3) is 4.61. The number of aliphatic hydroxyl groups excluding tert-OH is 1. The van der Waals surface area contributed by atoms with Crippen LogP contribution in [0, 0.1) is 0 Å². The lowest BCUT2D eigenvalue weighted by Crippen LogP contribution is -2.29. The van der Waals surface area contributed by atoms with Gasteiger partial charge in [0.05, 0.1) is 25.1 Å². The Labute approximate surface area is 125 Å². The van der Waals surface area contributed by atoms with Crippen molar-refractivity contribution < 1.29 is 14.6 Å². The van der Waals surface area contributed by atoms with Crippen molar-refractivity contribution in [3.05, 3.63) is 21.0 Å². The molecule has 0 saturated heterocycles. The summed E-state index contributed by atoms with van der Waals surface area (Å²) in [6.45, 7) is 2.07. The van der Waals surface area contributed by atoms with Gasteiger partial charge >= 0.3 is 5.97 Å². The molecule has 20 heavy (non-hydrogen) atoms. The molecule has 0 fully saturated rings. The Morgan fingerprint density at radius 1 is 1.65 bits per heavy atom. The molecule has 1 rings (SSSR count). The van der Waals surface area contributed by atoms with E-state index in [1.165, 1.54) is 13.3 Å². The molecule has 0 aliphatic carbocycles. The summed E-state index contributed by atoms with van der Waals surface area (Å²) in [5.74, 6) is -0.550. The molecule has 0 spiro atoms. The number of carbonyl (C=O) groups excluding carboxylic acids is 1. The van der Waals surface area contributed by atoms with Gasteiger partial charge in [-0.3, -0.25) is 9.59 Å². The van der Waals surface area contributed by atoms with Gasteiger partial charge in [0, 0.05) is 6.54 Å². The van der Waals surface area contributed by atoms with Crippen molar-refractivity contribution in [3.63, 3.8) is 0 Å². The number of hydrogen-bond acceptors (Lipinski definition) is 6. The minimum Gasteiger partial charge on any atom is -0.468 e. The lowest BCUT2D eigenvalue weighted by molar-refractivity contribution is -0.141. The Bertz CT molecular complexity index is 518. The number of hydrogen-bond donors (Lipinski definition) is 2. The molecule has 0 radical (unpaired) electrons. The summed E-state index contributed by atoms with van der Waals surface area (Å²) in [5, 5.41) is 16.5. The van der Waals surface area contributed by atoms with Crippen LogP contribution in [0.5, 0.6) is 0 Å². The number of anilines is 1. The number of nitrogens with zero attached hydrogens (tertiary/aromatic N) is 2. The van der Waals surface area contributed by atoms with Gasteiger partial charge in [-0.2, -0.15) is 5.10 Å². The molecule has 0 amide bonds. The van der Waals surface area contributed by atoms with Crippen molar-refractivity contribution in [3.8, 4) is 0 Å². The Balaban J connectivity index is 2.78. The number of carbonyl (C=O) groups is 1. The van der Waals surface area contributed by atoms with Gasteiger partial charge in [-0.15, -0.1) is 0 Å². The second-order valence-corrected chi connectivity index (χ2v) is 5.03. The summed E-state index contributed by atoms with van der Waals surface area (Å²) in [7, 11) is 1.24. The summed E-state index contributed by atoms with van der Waals surface area (Å²) >= 11 is 3.16. The summed E-state index contributed by atoms with van der Waals surface area (Å²) in [6, 6.07) is 0. The smallest absolute Gasteiger partial charge is 0.327 e. The maximum atomic E-state index is 12.0. The third-order valence-corrected chi connectivity index (χ3v) is 3.41. The van der Waals surface area contributed by atoms with Crippen LogP contribution in [0.1, 0.15) is 19.8 Å². The van der Waals surface area contributed by atoms with Gasteiger partial charge in [-0.1, -0.05) is 13.3 Å². The highest BCUT2D eigenvalue weighted by molar-refractivity contribution is 9.10. The molecule has 0 aromatic carbocycles. The molecule has 7 nitrogen and oxygen atoms in total. The standard InChI is InChI=1S/C12H18BrN3O4/c1-3-4-8(17)5-14-9-6-15-16(7-10(18)20-2)12(19)11(9)13/h6,8,14,17H,3-5,7H2,1-2H3. The second-order valence-electron chi connectivity index (χ2n) is 4.23. The van der Waals surface area contributed by atoms with Gasteiger partial charge in [-0.05, 0) is 22.4 Å². The van der Waals surface area contributed by atoms with Crippen LogP contribution >= 0.6 is 15.9 Å². The van der Waals surface area contributed by atoms with Crippen molar-refractivity contribution in [2.45, 2.75) is 32.4 Å². The first-order chi connectivity index (χ1) is 9.49. The minimum atomic E-state index is -0.550. The van der Waals surface area contributed by atoms with E-state index >= 15 is 0 Å². The molecule has 1 atom stereocenters. The zero-order valence-corrected chi connectivity index (χ0v) is 13.0.